The number of nitrogens with one attached hydrogen (secondary N) is 1. The lowest BCUT2D eigenvalue weighted by Crippen LogP contribution is -2.42. The number of carboxylic acid groups (broad SMARTS) is 1. The second-order valence-corrected chi connectivity index (χ2v) is 10.9. The summed E-state index contributed by atoms with van der Waals surface area (Å²) >= 11 is 0. The minimum absolute atomic E-state index is 0.0144. The number of carboxylic acids is 1. The van der Waals surface area contributed by atoms with Crippen LogP contribution in [0.2, 0.25) is 0 Å². The predicted molar refractivity (Wildman–Crippen MR) is 165 cm³/mol. The first kappa shape index (κ1) is 30.0. The van der Waals surface area contributed by atoms with Crippen molar-refractivity contribution >= 4 is 22.6 Å². The molecule has 4 aromatic rings. The third-order valence-electron chi connectivity index (χ3n) is 8.08. The molecule has 43 heavy (non-hydrogen) atoms. The third-order valence-corrected chi connectivity index (χ3v) is 8.08. The summed E-state index contributed by atoms with van der Waals surface area (Å²) in [4.78, 5) is 27.6. The number of aliphatic carboxylic acids is 1. The molecule has 1 aliphatic rings. The molecular formula is C35H37FN2O5. The zero-order valence-electron chi connectivity index (χ0n) is 24.6. The Labute approximate surface area is 251 Å². The van der Waals surface area contributed by atoms with Crippen LogP contribution in [-0.4, -0.2) is 61.3 Å². The maximum atomic E-state index is 14.4. The molecule has 0 aliphatic carbocycles. The number of ether oxygens (including phenoxy) is 2. The van der Waals surface area contributed by atoms with Gasteiger partial charge in [0.2, 0.25) is 0 Å². The zero-order valence-corrected chi connectivity index (χ0v) is 24.6. The maximum Gasteiger partial charge on any atom is 0.326 e. The predicted octanol–water partition coefficient (Wildman–Crippen LogP) is 6.25. The standard InChI is InChI=1S/C35H37FN2O5/c1-23-10-6-15-28(36)32(23)34(39)37-29(35(40)41)22-24-11-7-13-26-25(24)12-8-14-27(26)33-30(42-2)16-9-17-31(33)43-21-20-38-18-4-3-5-19-38/h6-17,29H,3-5,18-22H2,1-2H3,(H,37,39)(H,40,41)/t29-/m0/s1. The zero-order chi connectivity index (χ0) is 30.3. The smallest absolute Gasteiger partial charge is 0.326 e. The van der Waals surface area contributed by atoms with Crippen molar-refractivity contribution in [2.24, 2.45) is 0 Å². The molecule has 4 aromatic carbocycles. The number of halogens is 1. The number of piperidine rings is 1. The van der Waals surface area contributed by atoms with E-state index in [0.717, 1.165) is 47.1 Å². The van der Waals surface area contributed by atoms with Crippen molar-refractivity contribution in [2.45, 2.75) is 38.6 Å². The highest BCUT2D eigenvalue weighted by molar-refractivity contribution is 6.02. The number of benzene rings is 4. The topological polar surface area (TPSA) is 88.1 Å². The Balaban J connectivity index is 1.45. The first-order valence-corrected chi connectivity index (χ1v) is 14.7. The van der Waals surface area contributed by atoms with Gasteiger partial charge in [0, 0.05) is 13.0 Å². The highest BCUT2D eigenvalue weighted by atomic mass is 19.1. The van der Waals surface area contributed by atoms with Crippen LogP contribution in [0, 0.1) is 12.7 Å². The van der Waals surface area contributed by atoms with E-state index in [4.69, 9.17) is 9.47 Å². The number of likely N-dealkylation sites (tertiary alicyclic amines) is 1. The van der Waals surface area contributed by atoms with Gasteiger partial charge in [0.1, 0.15) is 30.0 Å². The Morgan fingerprint density at radius 1 is 0.930 bits per heavy atom. The Bertz CT molecular complexity index is 1600. The monoisotopic (exact) mass is 584 g/mol. The molecule has 0 aromatic heterocycles. The molecular weight excluding hydrogens is 547 g/mol. The van der Waals surface area contributed by atoms with Gasteiger partial charge >= 0.3 is 5.97 Å². The number of aryl methyl sites for hydroxylation is 1. The summed E-state index contributed by atoms with van der Waals surface area (Å²) in [5, 5.41) is 14.3. The van der Waals surface area contributed by atoms with Crippen molar-refractivity contribution in [3.05, 3.63) is 95.3 Å². The summed E-state index contributed by atoms with van der Waals surface area (Å²) in [6, 6.07) is 20.4. The number of fused-ring (bicyclic) bond motifs is 1. The largest absolute Gasteiger partial charge is 0.496 e. The molecule has 2 N–H and O–H groups in total. The number of rotatable bonds is 11. The first-order chi connectivity index (χ1) is 20.9. The van der Waals surface area contributed by atoms with E-state index in [1.165, 1.54) is 31.4 Å². The molecule has 1 heterocycles. The van der Waals surface area contributed by atoms with Crippen LogP contribution < -0.4 is 14.8 Å². The number of carbonyl (C=O) groups excluding carboxylic acids is 1. The highest BCUT2D eigenvalue weighted by Crippen LogP contribution is 2.42. The van der Waals surface area contributed by atoms with E-state index in [1.807, 2.05) is 54.6 Å². The molecule has 1 aliphatic heterocycles. The van der Waals surface area contributed by atoms with E-state index in [9.17, 15) is 19.1 Å². The normalized spacial score (nSPS) is 14.3. The molecule has 224 valence electrons. The van der Waals surface area contributed by atoms with Gasteiger partial charge in [0.15, 0.2) is 0 Å². The van der Waals surface area contributed by atoms with E-state index in [1.54, 1.807) is 20.1 Å². The van der Waals surface area contributed by atoms with Crippen LogP contribution in [-0.2, 0) is 11.2 Å². The maximum absolute atomic E-state index is 14.4. The minimum atomic E-state index is -1.26. The van der Waals surface area contributed by atoms with Gasteiger partial charge in [-0.1, -0.05) is 61.0 Å². The van der Waals surface area contributed by atoms with Crippen molar-refractivity contribution in [1.82, 2.24) is 10.2 Å². The van der Waals surface area contributed by atoms with Gasteiger partial charge in [-0.25, -0.2) is 9.18 Å². The molecule has 8 heteroatoms. The fourth-order valence-corrected chi connectivity index (χ4v) is 5.88. The van der Waals surface area contributed by atoms with Crippen LogP contribution in [0.4, 0.5) is 4.39 Å². The SMILES string of the molecule is COc1cccc(OCCN2CCCCC2)c1-c1cccc2c(C[C@H](NC(=O)c3c(C)cccc3F)C(=O)O)cccc12. The van der Waals surface area contributed by atoms with E-state index >= 15 is 0 Å². The molecule has 5 rings (SSSR count). The average molecular weight is 585 g/mol. The van der Waals surface area contributed by atoms with Gasteiger partial charge < -0.3 is 19.9 Å². The minimum Gasteiger partial charge on any atom is -0.496 e. The third kappa shape index (κ3) is 6.81. The first-order valence-electron chi connectivity index (χ1n) is 14.7. The Morgan fingerprint density at radius 3 is 2.37 bits per heavy atom. The Kier molecular flexibility index (Phi) is 9.57. The summed E-state index contributed by atoms with van der Waals surface area (Å²) in [5.41, 5.74) is 2.73. The van der Waals surface area contributed by atoms with Gasteiger partial charge in [-0.05, 0) is 78.5 Å². The Hall–Kier alpha value is -4.43. The van der Waals surface area contributed by atoms with Gasteiger partial charge in [-0.15, -0.1) is 0 Å². The second-order valence-electron chi connectivity index (χ2n) is 10.9. The molecule has 0 unspecified atom stereocenters. The summed E-state index contributed by atoms with van der Waals surface area (Å²) in [7, 11) is 1.63. The van der Waals surface area contributed by atoms with Crippen molar-refractivity contribution in [3.63, 3.8) is 0 Å². The van der Waals surface area contributed by atoms with Crippen LogP contribution >= 0.6 is 0 Å². The van der Waals surface area contributed by atoms with E-state index in [2.05, 4.69) is 10.2 Å². The summed E-state index contributed by atoms with van der Waals surface area (Å²) in [6.07, 6.45) is 3.74. The second kappa shape index (κ2) is 13.7. The van der Waals surface area contributed by atoms with E-state index in [-0.39, 0.29) is 12.0 Å². The van der Waals surface area contributed by atoms with Gasteiger partial charge in [-0.3, -0.25) is 9.69 Å². The fourth-order valence-electron chi connectivity index (χ4n) is 5.88. The molecule has 0 bridgehead atoms. The molecule has 0 saturated carbocycles. The lowest BCUT2D eigenvalue weighted by molar-refractivity contribution is -0.139. The van der Waals surface area contributed by atoms with E-state index in [0.29, 0.717) is 23.7 Å². The average Bonchev–Trinajstić information content (AvgIpc) is 3.01. The summed E-state index contributed by atoms with van der Waals surface area (Å²) in [5.74, 6) is -1.27. The van der Waals surface area contributed by atoms with Crippen molar-refractivity contribution in [2.75, 3.05) is 33.4 Å². The number of hydrogen-bond acceptors (Lipinski definition) is 5. The Morgan fingerprint density at radius 2 is 1.63 bits per heavy atom. The van der Waals surface area contributed by atoms with Gasteiger partial charge in [0.05, 0.1) is 18.2 Å². The van der Waals surface area contributed by atoms with Crippen LogP contribution in [0.5, 0.6) is 11.5 Å². The lowest BCUT2D eigenvalue weighted by atomic mass is 9.92. The molecule has 1 amide bonds. The lowest BCUT2D eigenvalue weighted by Gasteiger charge is -2.26. The summed E-state index contributed by atoms with van der Waals surface area (Å²) < 4.78 is 26.5. The molecule has 0 radical (unpaired) electrons. The molecule has 1 atom stereocenters. The molecule has 7 nitrogen and oxygen atoms in total. The van der Waals surface area contributed by atoms with Gasteiger partial charge in [-0.2, -0.15) is 0 Å². The fraction of sp³-hybridized carbons (Fsp3) is 0.314. The van der Waals surface area contributed by atoms with Crippen LogP contribution in [0.15, 0.2) is 72.8 Å². The molecule has 1 fully saturated rings. The summed E-state index contributed by atoms with van der Waals surface area (Å²) in [6.45, 7) is 5.21. The number of methoxy groups -OCH3 is 1. The number of amides is 1. The number of carbonyl (C=O) groups is 2. The van der Waals surface area contributed by atoms with Crippen LogP contribution in [0.25, 0.3) is 21.9 Å². The molecule has 0 spiro atoms. The van der Waals surface area contributed by atoms with Crippen LogP contribution in [0.3, 0.4) is 0 Å². The number of nitrogens with zero attached hydrogens (tertiary/aromatic N) is 1. The van der Waals surface area contributed by atoms with Crippen molar-refractivity contribution in [3.8, 4) is 22.6 Å². The highest BCUT2D eigenvalue weighted by Gasteiger charge is 2.25. The van der Waals surface area contributed by atoms with Crippen molar-refractivity contribution in [1.29, 1.82) is 0 Å². The van der Waals surface area contributed by atoms with Crippen molar-refractivity contribution < 1.29 is 28.6 Å². The molecule has 1 saturated heterocycles. The number of hydrogen-bond donors (Lipinski definition) is 2. The van der Waals surface area contributed by atoms with E-state index < -0.39 is 23.7 Å². The van der Waals surface area contributed by atoms with Crippen LogP contribution in [0.1, 0.15) is 40.7 Å². The van der Waals surface area contributed by atoms with Gasteiger partial charge in [0.25, 0.3) is 5.91 Å². The quantitative estimate of drug-likeness (QED) is 0.217.